The van der Waals surface area contributed by atoms with Crippen LogP contribution in [0.2, 0.25) is 0 Å². The lowest BCUT2D eigenvalue weighted by atomic mass is 10.1. The molecule has 2 N–H and O–H groups in total. The number of nitrogen functional groups attached to an aromatic ring is 1. The van der Waals surface area contributed by atoms with E-state index in [1.807, 2.05) is 51.1 Å². The topological polar surface area (TPSA) is 78.1 Å². The highest BCUT2D eigenvalue weighted by Crippen LogP contribution is 2.32. The summed E-state index contributed by atoms with van der Waals surface area (Å²) in [4.78, 5) is 4.44. The van der Waals surface area contributed by atoms with Crippen LogP contribution in [0.4, 0.5) is 5.69 Å². The number of benzene rings is 2. The molecule has 24 heavy (non-hydrogen) atoms. The van der Waals surface area contributed by atoms with E-state index in [9.17, 15) is 0 Å². The summed E-state index contributed by atoms with van der Waals surface area (Å²) in [5.74, 6) is 1.36. The Morgan fingerprint density at radius 2 is 1.75 bits per heavy atom. The SMILES string of the molecule is Cc1ccc(-c2noc(-c3cc4c(C)ccc(C)c4o3)n2)c(N)c1. The summed E-state index contributed by atoms with van der Waals surface area (Å²) in [5, 5.41) is 5.10. The Morgan fingerprint density at radius 1 is 0.958 bits per heavy atom. The van der Waals surface area contributed by atoms with Gasteiger partial charge >= 0.3 is 0 Å². The summed E-state index contributed by atoms with van der Waals surface area (Å²) in [6, 6.07) is 11.8. The van der Waals surface area contributed by atoms with E-state index in [2.05, 4.69) is 16.2 Å². The Bertz CT molecular complexity index is 1020. The smallest absolute Gasteiger partial charge is 0.293 e. The zero-order chi connectivity index (χ0) is 16.8. The maximum Gasteiger partial charge on any atom is 0.293 e. The van der Waals surface area contributed by atoms with Crippen molar-refractivity contribution < 1.29 is 8.94 Å². The predicted molar refractivity (Wildman–Crippen MR) is 93.6 cm³/mol. The fourth-order valence-electron chi connectivity index (χ4n) is 2.82. The van der Waals surface area contributed by atoms with E-state index in [4.69, 9.17) is 14.7 Å². The molecule has 120 valence electrons. The Balaban J connectivity index is 1.80. The maximum atomic E-state index is 6.06. The number of fused-ring (bicyclic) bond motifs is 1. The molecular weight excluding hydrogens is 302 g/mol. The first-order valence-electron chi connectivity index (χ1n) is 7.73. The first-order valence-corrected chi connectivity index (χ1v) is 7.73. The number of aromatic nitrogens is 2. The molecule has 0 fully saturated rings. The van der Waals surface area contributed by atoms with Crippen LogP contribution >= 0.6 is 0 Å². The highest BCUT2D eigenvalue weighted by atomic mass is 16.5. The van der Waals surface area contributed by atoms with E-state index in [0.717, 1.165) is 33.2 Å². The van der Waals surface area contributed by atoms with Crippen LogP contribution in [0.25, 0.3) is 34.0 Å². The van der Waals surface area contributed by atoms with Crippen molar-refractivity contribution in [2.24, 2.45) is 0 Å². The number of nitrogens with zero attached hydrogens (tertiary/aromatic N) is 2. The van der Waals surface area contributed by atoms with Gasteiger partial charge in [-0.1, -0.05) is 23.4 Å². The molecular formula is C19H17N3O2. The van der Waals surface area contributed by atoms with Gasteiger partial charge in [0.25, 0.3) is 5.89 Å². The van der Waals surface area contributed by atoms with Gasteiger partial charge < -0.3 is 14.7 Å². The number of aryl methyl sites for hydroxylation is 3. The standard InChI is InChI=1S/C19H17N3O2/c1-10-4-7-13(15(20)8-10)18-21-19(24-22-18)16-9-14-11(2)5-6-12(3)17(14)23-16/h4-9H,20H2,1-3H3. The third-order valence-corrected chi connectivity index (χ3v) is 4.18. The lowest BCUT2D eigenvalue weighted by Crippen LogP contribution is -1.92. The minimum atomic E-state index is 0.347. The molecule has 0 radical (unpaired) electrons. The third-order valence-electron chi connectivity index (χ3n) is 4.18. The monoisotopic (exact) mass is 319 g/mol. The molecule has 5 heteroatoms. The molecule has 0 saturated heterocycles. The van der Waals surface area contributed by atoms with Crippen molar-refractivity contribution in [1.82, 2.24) is 10.1 Å². The van der Waals surface area contributed by atoms with Crippen LogP contribution in [0, 0.1) is 20.8 Å². The number of hydrogen-bond donors (Lipinski definition) is 1. The maximum absolute atomic E-state index is 6.06. The second-order valence-electron chi connectivity index (χ2n) is 6.07. The van der Waals surface area contributed by atoms with Crippen molar-refractivity contribution in [1.29, 1.82) is 0 Å². The summed E-state index contributed by atoms with van der Waals surface area (Å²) in [6.45, 7) is 6.05. The average Bonchev–Trinajstić information content (AvgIpc) is 3.18. The molecule has 4 aromatic rings. The summed E-state index contributed by atoms with van der Waals surface area (Å²) in [7, 11) is 0. The van der Waals surface area contributed by atoms with Crippen molar-refractivity contribution in [2.75, 3.05) is 5.73 Å². The normalized spacial score (nSPS) is 11.3. The number of anilines is 1. The van der Waals surface area contributed by atoms with E-state index < -0.39 is 0 Å². The van der Waals surface area contributed by atoms with Crippen molar-refractivity contribution >= 4 is 16.7 Å². The second kappa shape index (κ2) is 5.23. The van der Waals surface area contributed by atoms with E-state index in [-0.39, 0.29) is 0 Å². The van der Waals surface area contributed by atoms with Crippen LogP contribution < -0.4 is 5.73 Å². The van der Waals surface area contributed by atoms with Gasteiger partial charge in [-0.15, -0.1) is 0 Å². The van der Waals surface area contributed by atoms with E-state index in [1.165, 1.54) is 0 Å². The minimum Gasteiger partial charge on any atom is -0.451 e. The van der Waals surface area contributed by atoms with Crippen molar-refractivity contribution in [2.45, 2.75) is 20.8 Å². The minimum absolute atomic E-state index is 0.347. The Kier molecular flexibility index (Phi) is 3.16. The van der Waals surface area contributed by atoms with Gasteiger partial charge in [-0.05, 0) is 55.7 Å². The van der Waals surface area contributed by atoms with Gasteiger partial charge in [-0.25, -0.2) is 0 Å². The summed E-state index contributed by atoms with van der Waals surface area (Å²) in [5.41, 5.74) is 11.6. The van der Waals surface area contributed by atoms with Crippen LogP contribution in [-0.2, 0) is 0 Å². The molecule has 0 aliphatic carbocycles. The molecule has 2 heterocycles. The molecule has 0 saturated carbocycles. The van der Waals surface area contributed by atoms with Crippen LogP contribution in [0.1, 0.15) is 16.7 Å². The van der Waals surface area contributed by atoms with Gasteiger partial charge in [0.05, 0.1) is 0 Å². The molecule has 0 bridgehead atoms. The highest BCUT2D eigenvalue weighted by Gasteiger charge is 2.17. The quantitative estimate of drug-likeness (QED) is 0.544. The fourth-order valence-corrected chi connectivity index (χ4v) is 2.82. The molecule has 0 aliphatic rings. The summed E-state index contributed by atoms with van der Waals surface area (Å²) in [6.07, 6.45) is 0. The van der Waals surface area contributed by atoms with E-state index in [0.29, 0.717) is 23.2 Å². The predicted octanol–water partition coefficient (Wildman–Crippen LogP) is 4.66. The van der Waals surface area contributed by atoms with Crippen LogP contribution in [0.15, 0.2) is 45.3 Å². The molecule has 2 aromatic carbocycles. The van der Waals surface area contributed by atoms with Gasteiger partial charge in [0.1, 0.15) is 5.58 Å². The molecule has 0 amide bonds. The molecule has 2 aromatic heterocycles. The lowest BCUT2D eigenvalue weighted by molar-refractivity contribution is 0.420. The van der Waals surface area contributed by atoms with Crippen LogP contribution in [-0.4, -0.2) is 10.1 Å². The first-order chi connectivity index (χ1) is 11.5. The molecule has 5 nitrogen and oxygen atoms in total. The fraction of sp³-hybridized carbons (Fsp3) is 0.158. The van der Waals surface area contributed by atoms with Gasteiger partial charge in [0, 0.05) is 16.6 Å². The molecule has 0 unspecified atom stereocenters. The zero-order valence-electron chi connectivity index (χ0n) is 13.8. The third kappa shape index (κ3) is 2.25. The average molecular weight is 319 g/mol. The van der Waals surface area contributed by atoms with Gasteiger partial charge in [0.2, 0.25) is 5.82 Å². The molecule has 0 atom stereocenters. The van der Waals surface area contributed by atoms with E-state index in [1.54, 1.807) is 0 Å². The Labute approximate surface area is 139 Å². The van der Waals surface area contributed by atoms with Crippen molar-refractivity contribution in [3.8, 4) is 23.0 Å². The Morgan fingerprint density at radius 3 is 2.50 bits per heavy atom. The number of hydrogen-bond acceptors (Lipinski definition) is 5. The lowest BCUT2D eigenvalue weighted by Gasteiger charge is -2.01. The number of furan rings is 1. The van der Waals surface area contributed by atoms with Gasteiger partial charge in [-0.2, -0.15) is 4.98 Å². The summed E-state index contributed by atoms with van der Waals surface area (Å²) < 4.78 is 11.3. The zero-order valence-corrected chi connectivity index (χ0v) is 13.8. The number of nitrogens with two attached hydrogens (primary N) is 1. The molecule has 0 aliphatic heterocycles. The summed E-state index contributed by atoms with van der Waals surface area (Å²) >= 11 is 0. The van der Waals surface area contributed by atoms with Crippen molar-refractivity contribution in [3.63, 3.8) is 0 Å². The van der Waals surface area contributed by atoms with Crippen LogP contribution in [0.3, 0.4) is 0 Å². The van der Waals surface area contributed by atoms with Gasteiger partial charge in [-0.3, -0.25) is 0 Å². The Hall–Kier alpha value is -3.08. The largest absolute Gasteiger partial charge is 0.451 e. The van der Waals surface area contributed by atoms with Gasteiger partial charge in [0.15, 0.2) is 5.76 Å². The molecule has 0 spiro atoms. The van der Waals surface area contributed by atoms with E-state index >= 15 is 0 Å². The second-order valence-corrected chi connectivity index (χ2v) is 6.07. The molecule has 4 rings (SSSR count). The highest BCUT2D eigenvalue weighted by molar-refractivity contribution is 5.87. The van der Waals surface area contributed by atoms with Crippen molar-refractivity contribution in [3.05, 3.63) is 53.1 Å². The van der Waals surface area contributed by atoms with Crippen LogP contribution in [0.5, 0.6) is 0 Å². The number of rotatable bonds is 2. The first kappa shape index (κ1) is 14.5.